The molecule has 1 fully saturated rings. The van der Waals surface area contributed by atoms with E-state index in [1.165, 1.54) is 5.56 Å². The lowest BCUT2D eigenvalue weighted by Gasteiger charge is -2.41. The summed E-state index contributed by atoms with van der Waals surface area (Å²) in [6.07, 6.45) is 0.985. The van der Waals surface area contributed by atoms with Crippen LogP contribution in [0, 0.1) is 6.92 Å². The highest BCUT2D eigenvalue weighted by Crippen LogP contribution is 2.43. The van der Waals surface area contributed by atoms with E-state index in [2.05, 4.69) is 85.5 Å². The first-order valence-electron chi connectivity index (χ1n) is 11.3. The molecule has 0 amide bonds. The van der Waals surface area contributed by atoms with Crippen molar-refractivity contribution >= 4 is 12.4 Å². The van der Waals surface area contributed by atoms with Crippen LogP contribution in [0.4, 0.5) is 0 Å². The van der Waals surface area contributed by atoms with Gasteiger partial charge in [0, 0.05) is 25.6 Å². The molecule has 0 spiro atoms. The van der Waals surface area contributed by atoms with E-state index in [1.807, 2.05) is 12.1 Å². The largest absolute Gasteiger partial charge is 0.380 e. The molecule has 1 heterocycles. The van der Waals surface area contributed by atoms with E-state index in [4.69, 9.17) is 4.74 Å². The van der Waals surface area contributed by atoms with Crippen LogP contribution in [0.25, 0.3) is 0 Å². The summed E-state index contributed by atoms with van der Waals surface area (Å²) in [5, 5.41) is 12.6. The fourth-order valence-electron chi connectivity index (χ4n) is 4.65. The van der Waals surface area contributed by atoms with Crippen molar-refractivity contribution in [1.29, 1.82) is 0 Å². The molecule has 1 aliphatic rings. The fraction of sp³-hybridized carbons (Fsp3) is 0.357. The van der Waals surface area contributed by atoms with Crippen molar-refractivity contribution in [3.8, 4) is 0 Å². The van der Waals surface area contributed by atoms with E-state index in [-0.39, 0.29) is 18.3 Å². The standard InChI is InChI=1S/C28H33NO2.ClH/c1-3-23-12-14-25(15-13-23)28(30,26-11-7-8-22(2)20-26)27(24-9-5-4-6-10-24)21-29-16-18-31-19-17-29;/h4-15,20,27,30H,3,16-19,21H2,1-2H3;1H. The SMILES string of the molecule is CCc1ccc(C(O)(c2cccc(C)c2)C(CN2CCOCC2)c2ccccc2)cc1.Cl. The summed E-state index contributed by atoms with van der Waals surface area (Å²) in [4.78, 5) is 2.42. The van der Waals surface area contributed by atoms with Crippen molar-refractivity contribution in [1.82, 2.24) is 4.90 Å². The molecule has 3 aromatic carbocycles. The molecule has 1 aliphatic heterocycles. The number of aliphatic hydroxyl groups is 1. The number of hydrogen-bond donors (Lipinski definition) is 1. The Hall–Kier alpha value is -2.17. The minimum absolute atomic E-state index is 0. The summed E-state index contributed by atoms with van der Waals surface area (Å²) in [5.74, 6) is -0.110. The molecule has 170 valence electrons. The van der Waals surface area contributed by atoms with E-state index in [1.54, 1.807) is 0 Å². The Balaban J connectivity index is 0.00000289. The minimum atomic E-state index is -1.14. The molecule has 2 unspecified atom stereocenters. The van der Waals surface area contributed by atoms with Gasteiger partial charge < -0.3 is 9.84 Å². The lowest BCUT2D eigenvalue weighted by molar-refractivity contribution is 0.000742. The van der Waals surface area contributed by atoms with Gasteiger partial charge in [0.05, 0.1) is 13.2 Å². The third-order valence-corrected chi connectivity index (χ3v) is 6.51. The molecular formula is C28H34ClNO2. The second-order valence-electron chi connectivity index (χ2n) is 8.56. The number of aryl methyl sites for hydroxylation is 2. The molecule has 1 N–H and O–H groups in total. The Morgan fingerprint density at radius 1 is 0.906 bits per heavy atom. The minimum Gasteiger partial charge on any atom is -0.380 e. The highest BCUT2D eigenvalue weighted by atomic mass is 35.5. The molecule has 0 aliphatic carbocycles. The lowest BCUT2D eigenvalue weighted by atomic mass is 9.72. The lowest BCUT2D eigenvalue weighted by Crippen LogP contribution is -2.45. The Kier molecular flexibility index (Phi) is 8.50. The van der Waals surface area contributed by atoms with Gasteiger partial charge in [-0.1, -0.05) is 91.3 Å². The monoisotopic (exact) mass is 451 g/mol. The number of halogens is 1. The molecule has 2 atom stereocenters. The van der Waals surface area contributed by atoms with Crippen molar-refractivity contribution in [2.45, 2.75) is 31.8 Å². The topological polar surface area (TPSA) is 32.7 Å². The fourth-order valence-corrected chi connectivity index (χ4v) is 4.65. The van der Waals surface area contributed by atoms with Gasteiger partial charge in [0.25, 0.3) is 0 Å². The highest BCUT2D eigenvalue weighted by Gasteiger charge is 2.42. The average Bonchev–Trinajstić information content (AvgIpc) is 2.83. The quantitative estimate of drug-likeness (QED) is 0.526. The van der Waals surface area contributed by atoms with Gasteiger partial charge in [0.1, 0.15) is 5.60 Å². The highest BCUT2D eigenvalue weighted by molar-refractivity contribution is 5.85. The number of nitrogens with zero attached hydrogens (tertiary/aromatic N) is 1. The number of ether oxygens (including phenoxy) is 1. The number of rotatable bonds is 7. The predicted octanol–water partition coefficient (Wildman–Crippen LogP) is 5.33. The van der Waals surface area contributed by atoms with E-state index >= 15 is 0 Å². The second kappa shape index (κ2) is 11.1. The van der Waals surface area contributed by atoms with Crippen LogP contribution in [0.1, 0.15) is 40.7 Å². The first-order chi connectivity index (χ1) is 15.1. The van der Waals surface area contributed by atoms with Gasteiger partial charge in [-0.15, -0.1) is 12.4 Å². The van der Waals surface area contributed by atoms with Gasteiger partial charge in [-0.2, -0.15) is 0 Å². The smallest absolute Gasteiger partial charge is 0.123 e. The van der Waals surface area contributed by atoms with Crippen molar-refractivity contribution < 1.29 is 9.84 Å². The van der Waals surface area contributed by atoms with Crippen molar-refractivity contribution in [2.24, 2.45) is 0 Å². The molecule has 3 nitrogen and oxygen atoms in total. The summed E-state index contributed by atoms with van der Waals surface area (Å²) in [7, 11) is 0. The number of morpholine rings is 1. The van der Waals surface area contributed by atoms with Crippen molar-refractivity contribution in [3.63, 3.8) is 0 Å². The Bertz CT molecular complexity index is 970. The van der Waals surface area contributed by atoms with E-state index in [0.29, 0.717) is 0 Å². The molecule has 0 radical (unpaired) electrons. The zero-order valence-electron chi connectivity index (χ0n) is 19.0. The van der Waals surface area contributed by atoms with E-state index in [9.17, 15) is 5.11 Å². The predicted molar refractivity (Wildman–Crippen MR) is 134 cm³/mol. The summed E-state index contributed by atoms with van der Waals surface area (Å²) in [6, 6.07) is 27.3. The Labute approximate surface area is 198 Å². The summed E-state index contributed by atoms with van der Waals surface area (Å²) in [6.45, 7) is 8.29. The van der Waals surface area contributed by atoms with Crippen LogP contribution in [0.2, 0.25) is 0 Å². The van der Waals surface area contributed by atoms with Gasteiger partial charge in [-0.05, 0) is 35.6 Å². The first kappa shape index (κ1) is 24.5. The van der Waals surface area contributed by atoms with Crippen LogP contribution in [0.3, 0.4) is 0 Å². The summed E-state index contributed by atoms with van der Waals surface area (Å²) < 4.78 is 5.58. The van der Waals surface area contributed by atoms with E-state index < -0.39 is 5.60 Å². The molecular weight excluding hydrogens is 418 g/mol. The maximum Gasteiger partial charge on any atom is 0.123 e. The molecule has 3 aromatic rings. The number of benzene rings is 3. The Morgan fingerprint density at radius 2 is 1.59 bits per heavy atom. The third-order valence-electron chi connectivity index (χ3n) is 6.51. The van der Waals surface area contributed by atoms with Gasteiger partial charge in [-0.25, -0.2) is 0 Å². The normalized spacial score (nSPS) is 17.2. The van der Waals surface area contributed by atoms with Gasteiger partial charge in [0.15, 0.2) is 0 Å². The van der Waals surface area contributed by atoms with Gasteiger partial charge in [-0.3, -0.25) is 4.90 Å². The zero-order valence-corrected chi connectivity index (χ0v) is 19.9. The van der Waals surface area contributed by atoms with Crippen LogP contribution in [0.5, 0.6) is 0 Å². The zero-order chi connectivity index (χ0) is 21.7. The van der Waals surface area contributed by atoms with Crippen LogP contribution in [-0.2, 0) is 16.8 Å². The van der Waals surface area contributed by atoms with Gasteiger partial charge >= 0.3 is 0 Å². The molecule has 0 bridgehead atoms. The molecule has 4 rings (SSSR count). The summed E-state index contributed by atoms with van der Waals surface area (Å²) >= 11 is 0. The second-order valence-corrected chi connectivity index (χ2v) is 8.56. The Morgan fingerprint density at radius 3 is 2.22 bits per heavy atom. The van der Waals surface area contributed by atoms with Crippen molar-refractivity contribution in [3.05, 3.63) is 107 Å². The van der Waals surface area contributed by atoms with Crippen LogP contribution in [-0.4, -0.2) is 42.9 Å². The first-order valence-corrected chi connectivity index (χ1v) is 11.3. The summed E-state index contributed by atoms with van der Waals surface area (Å²) in [5.41, 5.74) is 4.32. The molecule has 4 heteroatoms. The maximum absolute atomic E-state index is 12.6. The van der Waals surface area contributed by atoms with Crippen LogP contribution >= 0.6 is 12.4 Å². The molecule has 0 saturated carbocycles. The maximum atomic E-state index is 12.6. The third kappa shape index (κ3) is 5.24. The van der Waals surface area contributed by atoms with Crippen LogP contribution < -0.4 is 0 Å². The van der Waals surface area contributed by atoms with Crippen molar-refractivity contribution in [2.75, 3.05) is 32.8 Å². The molecule has 1 saturated heterocycles. The molecule has 32 heavy (non-hydrogen) atoms. The average molecular weight is 452 g/mol. The van der Waals surface area contributed by atoms with E-state index in [0.717, 1.165) is 61.5 Å². The number of hydrogen-bond acceptors (Lipinski definition) is 3. The molecule has 0 aromatic heterocycles. The van der Waals surface area contributed by atoms with Crippen LogP contribution in [0.15, 0.2) is 78.9 Å². The van der Waals surface area contributed by atoms with Gasteiger partial charge in [0.2, 0.25) is 0 Å².